The average molecular weight is 1250 g/mol. The van der Waals surface area contributed by atoms with Crippen LogP contribution in [0.4, 0.5) is 20.3 Å². The summed E-state index contributed by atoms with van der Waals surface area (Å²) in [7, 11) is 1.00. The molecule has 4 aromatic rings. The molecule has 3 aromatic heterocycles. The second-order valence-corrected chi connectivity index (χ2v) is 19.2. The SMILES string of the molecule is C=O.CC(C)C(C)NC(=O)C(C)(C)CCOCCO.CC(C)CCN[C-]=O.CO.C[C@H](NC=O)C(=O)Nc1ccc(Cn2cc(-c3ncc(F)c(N[C@H]4C5CCC(CC5)[C@@H]4C)n3)c3cc(F)cnc32)cc1.[Fm]. The molecule has 3 saturated carbocycles. The number of hydrogen-bond acceptors (Lipinski definition) is 12. The zero-order valence-electron chi connectivity index (χ0n) is 43.5. The number of nitrogens with zero attached hydrogens (tertiary/aromatic N) is 4. The van der Waals surface area contributed by atoms with Crippen molar-refractivity contribution in [3.63, 3.8) is 0 Å². The molecule has 17 nitrogen and oxygen atoms in total. The molecular formula is C52H78F2FmN9O8-. The summed E-state index contributed by atoms with van der Waals surface area (Å²) in [5.41, 5.74) is 2.16. The Kier molecular flexibility index (Phi) is 28.2. The number of aromatic nitrogens is 4. The maximum Gasteiger partial charge on any atom is 0.246 e. The molecule has 0 radical (unpaired) electrons. The zero-order chi connectivity index (χ0) is 53.3. The molecule has 3 aliphatic rings. The van der Waals surface area contributed by atoms with Gasteiger partial charge in [0.2, 0.25) is 18.2 Å². The third kappa shape index (κ3) is 19.4. The van der Waals surface area contributed by atoms with Gasteiger partial charge < -0.3 is 55.7 Å². The number of aliphatic hydroxyl groups is 2. The molecule has 0 spiro atoms. The molecular weight excluding hydrogens is 1170 g/mol. The van der Waals surface area contributed by atoms with Gasteiger partial charge in [0.05, 0.1) is 25.6 Å². The number of anilines is 2. The van der Waals surface area contributed by atoms with Crippen LogP contribution in [0.3, 0.4) is 0 Å². The minimum atomic E-state index is -0.663. The fraction of sp³-hybridized carbons (Fsp3) is 0.577. The molecule has 0 aliphatic heterocycles. The predicted octanol–water partition coefficient (Wildman–Crippen LogP) is 6.81. The van der Waals surface area contributed by atoms with Crippen LogP contribution in [0, 0.1) is 46.6 Å². The molecule has 4 atom stereocenters. The van der Waals surface area contributed by atoms with Crippen molar-refractivity contribution in [2.45, 2.75) is 126 Å². The van der Waals surface area contributed by atoms with E-state index < -0.39 is 23.1 Å². The van der Waals surface area contributed by atoms with Gasteiger partial charge in [-0.2, -0.15) is 6.41 Å². The van der Waals surface area contributed by atoms with E-state index in [0.717, 1.165) is 44.7 Å². The Morgan fingerprint density at radius 3 is 2.19 bits per heavy atom. The molecule has 0 saturated heterocycles. The third-order valence-corrected chi connectivity index (χ3v) is 12.9. The number of aliphatic hydroxyl groups excluding tert-OH is 2. The van der Waals surface area contributed by atoms with E-state index in [0.29, 0.717) is 90.3 Å². The van der Waals surface area contributed by atoms with Crippen LogP contribution >= 0.6 is 0 Å². The Labute approximate surface area is 418 Å². The number of nitrogens with one attached hydrogen (secondary N) is 5. The van der Waals surface area contributed by atoms with Crippen molar-refractivity contribution in [2.75, 3.05) is 44.1 Å². The quantitative estimate of drug-likeness (QED) is 0.0197. The molecule has 7 N–H and O–H groups in total. The van der Waals surface area contributed by atoms with E-state index in [1.165, 1.54) is 25.1 Å². The molecule has 406 valence electrons. The number of halogens is 2. The van der Waals surface area contributed by atoms with Gasteiger partial charge in [-0.25, -0.2) is 23.7 Å². The minimum Gasteiger partial charge on any atom is -0.530 e. The number of rotatable bonds is 21. The van der Waals surface area contributed by atoms with Gasteiger partial charge >= 0.3 is 0 Å². The Bertz CT molecular complexity index is 2220. The molecule has 2 bridgehead atoms. The van der Waals surface area contributed by atoms with E-state index in [1.807, 2.05) is 50.5 Å². The molecule has 4 amide bonds. The summed E-state index contributed by atoms with van der Waals surface area (Å²) in [4.78, 5) is 65.6. The minimum absolute atomic E-state index is 0. The van der Waals surface area contributed by atoms with E-state index in [9.17, 15) is 28.0 Å². The fourth-order valence-corrected chi connectivity index (χ4v) is 8.11. The molecule has 3 heterocycles. The van der Waals surface area contributed by atoms with Crippen LogP contribution in [0.25, 0.3) is 22.4 Å². The van der Waals surface area contributed by atoms with Crippen LogP contribution in [0.15, 0.2) is 48.9 Å². The summed E-state index contributed by atoms with van der Waals surface area (Å²) in [6.45, 7) is 22.1. The Balaban J connectivity index is 0.000000718. The van der Waals surface area contributed by atoms with Gasteiger partial charge in [0.15, 0.2) is 17.5 Å². The van der Waals surface area contributed by atoms with Crippen LogP contribution in [0.2, 0.25) is 0 Å². The first-order valence-electron chi connectivity index (χ1n) is 24.2. The molecule has 3 fully saturated rings. The second-order valence-electron chi connectivity index (χ2n) is 19.2. The first-order chi connectivity index (χ1) is 33.9. The number of hydrogen-bond donors (Lipinski definition) is 7. The number of fused-ring (bicyclic) bond motifs is 4. The fourth-order valence-electron chi connectivity index (χ4n) is 8.11. The predicted molar refractivity (Wildman–Crippen MR) is 273 cm³/mol. The number of benzene rings is 1. The number of amides is 4. The van der Waals surface area contributed by atoms with Crippen molar-refractivity contribution in [1.29, 1.82) is 0 Å². The van der Waals surface area contributed by atoms with Crippen molar-refractivity contribution >= 4 is 54.0 Å². The van der Waals surface area contributed by atoms with Crippen LogP contribution in [0.5, 0.6) is 0 Å². The van der Waals surface area contributed by atoms with Crippen molar-refractivity contribution < 1.29 is 47.7 Å². The zero-order valence-corrected chi connectivity index (χ0v) is 45.9. The largest absolute Gasteiger partial charge is 0.530 e. The smallest absolute Gasteiger partial charge is 0.246 e. The molecule has 1 unspecified atom stereocenters. The van der Waals surface area contributed by atoms with Crippen LogP contribution < -0.4 is 26.6 Å². The van der Waals surface area contributed by atoms with Crippen molar-refractivity contribution in [2.24, 2.45) is 35.0 Å². The van der Waals surface area contributed by atoms with Gasteiger partial charge in [-0.05, 0) is 112 Å². The van der Waals surface area contributed by atoms with E-state index >= 15 is 0 Å². The molecule has 7 rings (SSSR count). The first-order valence-corrected chi connectivity index (χ1v) is 24.2. The summed E-state index contributed by atoms with van der Waals surface area (Å²) in [5, 5.41) is 30.2. The van der Waals surface area contributed by atoms with Crippen molar-refractivity contribution in [3.8, 4) is 11.4 Å². The third-order valence-electron chi connectivity index (χ3n) is 12.9. The summed E-state index contributed by atoms with van der Waals surface area (Å²) in [6.07, 6.45) is 12.7. The topological polar surface area (TPSA) is 239 Å². The monoisotopic (exact) mass is 1250 g/mol. The van der Waals surface area contributed by atoms with Crippen molar-refractivity contribution in [1.82, 2.24) is 35.5 Å². The maximum absolute atomic E-state index is 15.0. The standard InChI is InChI=1S/C31H33F2N7O2.C13H27NO3.C6H12NO.CH4O.CH2O.Fm/c1-17-20-5-7-21(8-6-20)27(17)38-29-26(33)13-34-28(39-29)25-15-40(30-24(25)11-22(32)12-35-30)14-19-3-9-23(10-4-19)37-31(42)18(2)36-16-41;1-10(2)11(3)14-12(16)13(4,5)6-8-17-9-7-15;1-6(2)3-4-7-5-8;2*1-2;/h3-4,9-13,15-18,20-21,27H,5-8,14H2,1-2H3,(H,36,41)(H,37,42)(H,34,38,39);10-11,15H,6-9H2,1-5H3,(H,14,16);6H,3-4H2,1-2H3,(H,7,8);2H,1H3;1H2;/q;;-1;;;/t17-,18-,20?,21?,27+;;;;;/m0...../s1. The van der Waals surface area contributed by atoms with Gasteiger partial charge in [-0.15, -0.1) is 0 Å². The summed E-state index contributed by atoms with van der Waals surface area (Å²) >= 11 is 0. The normalized spacial score (nSPS) is 17.3. The molecule has 20 heteroatoms. The Hall–Kier alpha value is -6.92. The van der Waals surface area contributed by atoms with E-state index in [1.54, 1.807) is 25.5 Å². The number of ether oxygens (including phenoxy) is 1. The van der Waals surface area contributed by atoms with Crippen LogP contribution in [-0.4, -0.2) is 113 Å². The van der Waals surface area contributed by atoms with E-state index in [-0.39, 0.29) is 36.3 Å². The molecule has 72 heavy (non-hydrogen) atoms. The number of pyridine rings is 1. The summed E-state index contributed by atoms with van der Waals surface area (Å²) in [6, 6.07) is 8.32. The maximum atomic E-state index is 15.0. The van der Waals surface area contributed by atoms with Crippen LogP contribution in [0.1, 0.15) is 106 Å². The van der Waals surface area contributed by atoms with E-state index in [2.05, 4.69) is 76.2 Å². The average Bonchev–Trinajstić information content (AvgIpc) is 3.71. The van der Waals surface area contributed by atoms with Gasteiger partial charge in [0.25, 0.3) is 0 Å². The number of carbonyl (C=O) groups excluding carboxylic acids is 5. The van der Waals surface area contributed by atoms with Crippen molar-refractivity contribution in [3.05, 3.63) is 66.1 Å². The van der Waals surface area contributed by atoms with Gasteiger partial charge in [-0.1, -0.05) is 60.6 Å². The van der Waals surface area contributed by atoms with Gasteiger partial charge in [-0.3, -0.25) is 14.4 Å². The first kappa shape index (κ1) is 63.1. The van der Waals surface area contributed by atoms with Crippen LogP contribution in [-0.2, 0) is 35.3 Å². The molecule has 1 aromatic carbocycles. The summed E-state index contributed by atoms with van der Waals surface area (Å²) < 4.78 is 36.4. The summed E-state index contributed by atoms with van der Waals surface area (Å²) in [5.74, 6) is 1.87. The van der Waals surface area contributed by atoms with Gasteiger partial charge in [0.1, 0.15) is 24.3 Å². The van der Waals surface area contributed by atoms with Gasteiger partial charge in [0, 0.05) is 60.6 Å². The Morgan fingerprint density at radius 2 is 1.62 bits per heavy atom. The number of carbonyl (C=O) groups is 4. The molecule has 3 aliphatic carbocycles. The second kappa shape index (κ2) is 32.1. The van der Waals surface area contributed by atoms with E-state index in [4.69, 9.17) is 19.7 Å². The Morgan fingerprint density at radius 1 is 0.986 bits per heavy atom.